The van der Waals surface area contributed by atoms with Crippen molar-refractivity contribution in [1.29, 1.82) is 0 Å². The summed E-state index contributed by atoms with van der Waals surface area (Å²) in [5, 5.41) is 5.42. The normalized spacial score (nSPS) is 13.2. The first-order valence-corrected chi connectivity index (χ1v) is 11.7. The maximum absolute atomic E-state index is 12.9. The molecule has 1 saturated carbocycles. The van der Waals surface area contributed by atoms with Gasteiger partial charge in [0.15, 0.2) is 5.69 Å². The van der Waals surface area contributed by atoms with E-state index in [1.54, 1.807) is 42.7 Å². The van der Waals surface area contributed by atoms with Crippen LogP contribution in [0, 0.1) is 12.8 Å². The van der Waals surface area contributed by atoms with E-state index in [0.29, 0.717) is 23.4 Å². The van der Waals surface area contributed by atoms with E-state index in [-0.39, 0.29) is 11.8 Å². The van der Waals surface area contributed by atoms with E-state index in [2.05, 4.69) is 30.6 Å². The zero-order chi connectivity index (χ0) is 26.9. The Morgan fingerprint density at radius 3 is 2.45 bits per heavy atom. The molecular formula is C27H21F3N6O2. The van der Waals surface area contributed by atoms with E-state index in [1.807, 2.05) is 19.1 Å². The molecular weight excluding hydrogens is 497 g/mol. The fourth-order valence-electron chi connectivity index (χ4n) is 3.81. The molecule has 0 radical (unpaired) electrons. The summed E-state index contributed by atoms with van der Waals surface area (Å²) in [6.45, 7) is 1.90. The molecule has 2 N–H and O–H groups in total. The zero-order valence-electron chi connectivity index (χ0n) is 20.1. The van der Waals surface area contributed by atoms with Crippen molar-refractivity contribution in [2.75, 3.05) is 10.6 Å². The quantitative estimate of drug-likeness (QED) is 0.347. The van der Waals surface area contributed by atoms with E-state index in [0.717, 1.165) is 41.3 Å². The van der Waals surface area contributed by atoms with Crippen LogP contribution in [0.2, 0.25) is 0 Å². The van der Waals surface area contributed by atoms with Crippen molar-refractivity contribution in [3.8, 4) is 22.4 Å². The molecule has 0 bridgehead atoms. The second kappa shape index (κ2) is 10.0. The standard InChI is InChI=1S/C27H21F3N6O2/c1-15-2-5-19(34-26(38)22-13-31-14-23(35-22)27(28,29)30)12-20(15)17-6-8-32-21(10-17)18-7-9-33-24(11-18)36-25(37)16-3-4-16/h2,5-14,16H,3-4H2,1H3,(H,34,38)(H,33,36,37). The van der Waals surface area contributed by atoms with Gasteiger partial charge in [-0.05, 0) is 72.9 Å². The van der Waals surface area contributed by atoms with E-state index in [1.165, 1.54) is 0 Å². The van der Waals surface area contributed by atoms with Crippen molar-refractivity contribution >= 4 is 23.3 Å². The second-order valence-corrected chi connectivity index (χ2v) is 8.89. The molecule has 11 heteroatoms. The Bertz CT molecular complexity index is 1540. The number of carbonyl (C=O) groups is 2. The molecule has 1 aromatic carbocycles. The molecule has 0 saturated heterocycles. The Balaban J connectivity index is 1.38. The minimum atomic E-state index is -4.71. The summed E-state index contributed by atoms with van der Waals surface area (Å²) in [6.07, 6.45) is 1.86. The highest BCUT2D eigenvalue weighted by Gasteiger charge is 2.33. The van der Waals surface area contributed by atoms with E-state index in [9.17, 15) is 22.8 Å². The third kappa shape index (κ3) is 5.66. The van der Waals surface area contributed by atoms with E-state index >= 15 is 0 Å². The van der Waals surface area contributed by atoms with Gasteiger partial charge in [-0.15, -0.1) is 0 Å². The maximum Gasteiger partial charge on any atom is 0.434 e. The van der Waals surface area contributed by atoms with Gasteiger partial charge in [0.1, 0.15) is 11.5 Å². The lowest BCUT2D eigenvalue weighted by Crippen LogP contribution is -2.17. The van der Waals surface area contributed by atoms with Gasteiger partial charge in [-0.25, -0.2) is 9.97 Å². The second-order valence-electron chi connectivity index (χ2n) is 8.89. The Labute approximate surface area is 215 Å². The largest absolute Gasteiger partial charge is 0.434 e. The Hall–Kier alpha value is -4.67. The van der Waals surface area contributed by atoms with Gasteiger partial charge < -0.3 is 10.6 Å². The van der Waals surface area contributed by atoms with Crippen LogP contribution >= 0.6 is 0 Å². The van der Waals surface area contributed by atoms with Crippen LogP contribution in [0.4, 0.5) is 24.7 Å². The molecule has 4 aromatic rings. The van der Waals surface area contributed by atoms with Crippen molar-refractivity contribution in [2.45, 2.75) is 25.9 Å². The highest BCUT2D eigenvalue weighted by molar-refractivity contribution is 6.03. The lowest BCUT2D eigenvalue weighted by molar-refractivity contribution is -0.141. The Morgan fingerprint density at radius 1 is 0.921 bits per heavy atom. The number of halogens is 3. The van der Waals surface area contributed by atoms with Crippen LogP contribution < -0.4 is 10.6 Å². The van der Waals surface area contributed by atoms with Gasteiger partial charge in [-0.1, -0.05) is 6.07 Å². The third-order valence-electron chi connectivity index (χ3n) is 5.98. The molecule has 3 aromatic heterocycles. The summed E-state index contributed by atoms with van der Waals surface area (Å²) in [6, 6.07) is 12.4. The average Bonchev–Trinajstić information content (AvgIpc) is 3.75. The summed E-state index contributed by atoms with van der Waals surface area (Å²) < 4.78 is 38.8. The number of pyridine rings is 2. The molecule has 192 valence electrons. The van der Waals surface area contributed by atoms with Crippen LogP contribution in [0.3, 0.4) is 0 Å². The lowest BCUT2D eigenvalue weighted by atomic mass is 9.99. The molecule has 0 aliphatic heterocycles. The first-order chi connectivity index (χ1) is 18.2. The van der Waals surface area contributed by atoms with Crippen LogP contribution in [0.25, 0.3) is 22.4 Å². The summed E-state index contributed by atoms with van der Waals surface area (Å²) in [4.78, 5) is 40.2. The first kappa shape index (κ1) is 25.0. The molecule has 8 nitrogen and oxygen atoms in total. The number of alkyl halides is 3. The number of nitrogens with zero attached hydrogens (tertiary/aromatic N) is 4. The number of aryl methyl sites for hydroxylation is 1. The fourth-order valence-corrected chi connectivity index (χ4v) is 3.81. The minimum Gasteiger partial charge on any atom is -0.321 e. The summed E-state index contributed by atoms with van der Waals surface area (Å²) in [5.74, 6) is -0.350. The molecule has 1 aliphatic carbocycles. The Morgan fingerprint density at radius 2 is 1.68 bits per heavy atom. The van der Waals surface area contributed by atoms with Crippen LogP contribution in [0.1, 0.15) is 34.6 Å². The summed E-state index contributed by atoms with van der Waals surface area (Å²) >= 11 is 0. The van der Waals surface area contributed by atoms with Crippen molar-refractivity contribution in [3.05, 3.63) is 84.2 Å². The number of hydrogen-bond donors (Lipinski definition) is 2. The third-order valence-corrected chi connectivity index (χ3v) is 5.98. The molecule has 0 atom stereocenters. The SMILES string of the molecule is Cc1ccc(NC(=O)c2cncc(C(F)(F)F)n2)cc1-c1ccnc(-c2ccnc(NC(=O)C3CC3)c2)c1. The van der Waals surface area contributed by atoms with Crippen molar-refractivity contribution in [1.82, 2.24) is 19.9 Å². The molecule has 5 rings (SSSR count). The van der Waals surface area contributed by atoms with Crippen LogP contribution in [-0.2, 0) is 11.0 Å². The molecule has 1 fully saturated rings. The predicted octanol–water partition coefficient (Wildman–Crippen LogP) is 5.53. The Kier molecular flexibility index (Phi) is 6.58. The minimum absolute atomic E-state index is 0.0399. The van der Waals surface area contributed by atoms with Gasteiger partial charge in [0.05, 0.1) is 18.1 Å². The number of aromatic nitrogens is 4. The molecule has 0 spiro atoms. The topological polar surface area (TPSA) is 110 Å². The van der Waals surface area contributed by atoms with Crippen molar-refractivity contribution in [3.63, 3.8) is 0 Å². The number of amides is 2. The fraction of sp³-hybridized carbons (Fsp3) is 0.185. The van der Waals surface area contributed by atoms with Crippen molar-refractivity contribution in [2.24, 2.45) is 5.92 Å². The summed E-state index contributed by atoms with van der Waals surface area (Å²) in [5.41, 5.74) is 2.60. The number of rotatable bonds is 6. The van der Waals surface area contributed by atoms with Crippen LogP contribution in [0.5, 0.6) is 0 Å². The average molecular weight is 518 g/mol. The van der Waals surface area contributed by atoms with Crippen molar-refractivity contribution < 1.29 is 22.8 Å². The van der Waals surface area contributed by atoms with E-state index < -0.39 is 23.5 Å². The summed E-state index contributed by atoms with van der Waals surface area (Å²) in [7, 11) is 0. The molecule has 38 heavy (non-hydrogen) atoms. The molecule has 1 aliphatic rings. The van der Waals surface area contributed by atoms with Gasteiger partial charge in [0, 0.05) is 29.6 Å². The molecule has 0 unspecified atom stereocenters. The highest BCUT2D eigenvalue weighted by Crippen LogP contribution is 2.32. The van der Waals surface area contributed by atoms with Gasteiger partial charge in [-0.2, -0.15) is 13.2 Å². The smallest absolute Gasteiger partial charge is 0.321 e. The number of anilines is 2. The van der Waals surface area contributed by atoms with Gasteiger partial charge in [-0.3, -0.25) is 19.6 Å². The number of carbonyl (C=O) groups excluding carboxylic acids is 2. The van der Waals surface area contributed by atoms with Gasteiger partial charge >= 0.3 is 6.18 Å². The first-order valence-electron chi connectivity index (χ1n) is 11.7. The zero-order valence-corrected chi connectivity index (χ0v) is 20.1. The number of hydrogen-bond acceptors (Lipinski definition) is 6. The highest BCUT2D eigenvalue weighted by atomic mass is 19.4. The lowest BCUT2D eigenvalue weighted by Gasteiger charge is -2.12. The van der Waals surface area contributed by atoms with Crippen LogP contribution in [0.15, 0.2) is 67.3 Å². The predicted molar refractivity (Wildman–Crippen MR) is 134 cm³/mol. The number of benzene rings is 1. The maximum atomic E-state index is 12.9. The number of nitrogens with one attached hydrogen (secondary N) is 2. The molecule has 2 amide bonds. The van der Waals surface area contributed by atoms with Gasteiger partial charge in [0.25, 0.3) is 5.91 Å². The monoisotopic (exact) mass is 518 g/mol. The van der Waals surface area contributed by atoms with E-state index in [4.69, 9.17) is 0 Å². The van der Waals surface area contributed by atoms with Gasteiger partial charge in [0.2, 0.25) is 5.91 Å². The molecule has 3 heterocycles. The van der Waals surface area contributed by atoms with Crippen LogP contribution in [-0.4, -0.2) is 31.8 Å².